The Morgan fingerprint density at radius 2 is 0.905 bits per heavy atom. The van der Waals surface area contributed by atoms with Gasteiger partial charge in [-0.25, -0.2) is 16.8 Å². The molecule has 2 aliphatic rings. The second-order valence-electron chi connectivity index (χ2n) is 10.8. The van der Waals surface area contributed by atoms with E-state index in [0.29, 0.717) is 0 Å². The zero-order valence-electron chi connectivity index (χ0n) is 24.6. The second-order valence-corrected chi connectivity index (χ2v) is 14.6. The number of rotatable bonds is 4. The number of nitrogens with zero attached hydrogens (tertiary/aromatic N) is 2. The lowest BCUT2D eigenvalue weighted by molar-refractivity contribution is -0.0946. The van der Waals surface area contributed by atoms with E-state index >= 15 is 0 Å². The van der Waals surface area contributed by atoms with Gasteiger partial charge in [0.05, 0.1) is 61.6 Å². The summed E-state index contributed by atoms with van der Waals surface area (Å²) in [5.41, 5.74) is 1.97. The molecule has 1 heterocycles. The number of benzene rings is 2. The Labute approximate surface area is 251 Å². The Balaban J connectivity index is 1.45. The SMILES string of the molecule is Cc1ccc(S(=O)(=O)N2CCOCCOCCN(S(=O)(=O)c3ccc(C)cc3)CCO[C@@H]3CCCC[C@@H]3OCC2)cc1. The van der Waals surface area contributed by atoms with Crippen LogP contribution in [0.25, 0.3) is 0 Å². The number of hydrogen-bond acceptors (Lipinski definition) is 8. The van der Waals surface area contributed by atoms with Gasteiger partial charge in [-0.2, -0.15) is 8.61 Å². The summed E-state index contributed by atoms with van der Waals surface area (Å²) in [6.07, 6.45) is 3.21. The number of aryl methyl sites for hydroxylation is 2. The van der Waals surface area contributed by atoms with E-state index in [1.54, 1.807) is 48.5 Å². The summed E-state index contributed by atoms with van der Waals surface area (Å²) in [6, 6.07) is 13.6. The predicted molar refractivity (Wildman–Crippen MR) is 159 cm³/mol. The molecular formula is C30H44N2O8S2. The highest BCUT2D eigenvalue weighted by Gasteiger charge is 2.30. The van der Waals surface area contributed by atoms with E-state index in [9.17, 15) is 16.8 Å². The van der Waals surface area contributed by atoms with Crippen LogP contribution in [0.1, 0.15) is 36.8 Å². The van der Waals surface area contributed by atoms with Crippen LogP contribution < -0.4 is 0 Å². The maximum Gasteiger partial charge on any atom is 0.243 e. The van der Waals surface area contributed by atoms with Gasteiger partial charge in [-0.1, -0.05) is 48.2 Å². The number of hydrogen-bond donors (Lipinski definition) is 0. The largest absolute Gasteiger partial charge is 0.378 e. The van der Waals surface area contributed by atoms with E-state index in [0.717, 1.165) is 36.8 Å². The summed E-state index contributed by atoms with van der Waals surface area (Å²) in [4.78, 5) is 0.477. The van der Waals surface area contributed by atoms with Crippen molar-refractivity contribution in [3.05, 3.63) is 59.7 Å². The Morgan fingerprint density at radius 1 is 0.548 bits per heavy atom. The first kappa shape index (κ1) is 33.0. The summed E-state index contributed by atoms with van der Waals surface area (Å²) in [5.74, 6) is 0. The fourth-order valence-electron chi connectivity index (χ4n) is 5.13. The summed E-state index contributed by atoms with van der Waals surface area (Å²) in [7, 11) is -7.47. The lowest BCUT2D eigenvalue weighted by Gasteiger charge is -2.33. The first-order valence-electron chi connectivity index (χ1n) is 14.7. The Morgan fingerprint density at radius 3 is 1.29 bits per heavy atom. The molecule has 1 saturated carbocycles. The third-order valence-corrected chi connectivity index (χ3v) is 11.5. The molecule has 2 fully saturated rings. The van der Waals surface area contributed by atoms with E-state index in [1.165, 1.54) is 8.61 Å². The van der Waals surface area contributed by atoms with E-state index in [2.05, 4.69) is 0 Å². The van der Waals surface area contributed by atoms with E-state index in [4.69, 9.17) is 18.9 Å². The van der Waals surface area contributed by atoms with Crippen LogP contribution in [-0.2, 0) is 39.0 Å². The van der Waals surface area contributed by atoms with Crippen molar-refractivity contribution in [1.82, 2.24) is 8.61 Å². The summed E-state index contributed by atoms with van der Waals surface area (Å²) in [5, 5.41) is 0. The van der Waals surface area contributed by atoms with Crippen molar-refractivity contribution >= 4 is 20.0 Å². The molecule has 4 rings (SSSR count). The molecule has 0 bridgehead atoms. The molecule has 0 radical (unpaired) electrons. The molecule has 2 aromatic rings. The van der Waals surface area contributed by atoms with Crippen molar-refractivity contribution in [2.75, 3.05) is 65.8 Å². The zero-order chi connectivity index (χ0) is 30.0. The van der Waals surface area contributed by atoms with E-state index in [-0.39, 0.29) is 87.8 Å². The maximum atomic E-state index is 13.4. The van der Waals surface area contributed by atoms with Crippen LogP contribution in [-0.4, -0.2) is 103 Å². The molecule has 0 N–H and O–H groups in total. The first-order chi connectivity index (χ1) is 20.2. The molecule has 0 spiro atoms. The van der Waals surface area contributed by atoms with Gasteiger partial charge >= 0.3 is 0 Å². The van der Waals surface area contributed by atoms with Crippen LogP contribution in [0, 0.1) is 13.8 Å². The second kappa shape index (κ2) is 15.7. The lowest BCUT2D eigenvalue weighted by atomic mass is 9.94. The average molecular weight is 625 g/mol. The van der Waals surface area contributed by atoms with Crippen LogP contribution in [0.4, 0.5) is 0 Å². The Bertz CT molecular complexity index is 1210. The topological polar surface area (TPSA) is 112 Å². The van der Waals surface area contributed by atoms with E-state index in [1.807, 2.05) is 13.8 Å². The van der Waals surface area contributed by atoms with Gasteiger partial charge < -0.3 is 18.9 Å². The molecular weight excluding hydrogens is 580 g/mol. The third kappa shape index (κ3) is 9.06. The van der Waals surface area contributed by atoms with Crippen molar-refractivity contribution < 1.29 is 35.8 Å². The van der Waals surface area contributed by atoms with Crippen LogP contribution in [0.5, 0.6) is 0 Å². The molecule has 1 aliphatic carbocycles. The normalized spacial score (nSPS) is 23.9. The fourth-order valence-corrected chi connectivity index (χ4v) is 7.95. The minimum absolute atomic E-state index is 0.173. The molecule has 42 heavy (non-hydrogen) atoms. The van der Waals surface area contributed by atoms with Crippen molar-refractivity contribution in [3.8, 4) is 0 Å². The monoisotopic (exact) mass is 624 g/mol. The van der Waals surface area contributed by atoms with Gasteiger partial charge in [-0.15, -0.1) is 0 Å². The van der Waals surface area contributed by atoms with Gasteiger partial charge in [-0.3, -0.25) is 0 Å². The standard InChI is InChI=1S/C30H44N2O8S2/c1-25-7-11-27(12-8-25)41(33,34)31-15-19-37-23-24-38-20-16-32(42(35,36)28-13-9-26(2)10-14-28)18-22-40-30-6-4-3-5-29(30)39-21-17-31/h7-14,29-30H,3-6,15-24H2,1-2H3/t29-,30+. The van der Waals surface area contributed by atoms with E-state index < -0.39 is 20.0 Å². The average Bonchev–Trinajstić information content (AvgIpc) is 2.97. The molecule has 0 amide bonds. The minimum Gasteiger partial charge on any atom is -0.378 e. The van der Waals surface area contributed by atoms with Gasteiger partial charge in [0.15, 0.2) is 0 Å². The lowest BCUT2D eigenvalue weighted by Crippen LogP contribution is -2.42. The smallest absolute Gasteiger partial charge is 0.243 e. The quantitative estimate of drug-likeness (QED) is 0.509. The van der Waals surface area contributed by atoms with Crippen LogP contribution in [0.15, 0.2) is 58.3 Å². The predicted octanol–water partition coefficient (Wildman–Crippen LogP) is 3.38. The third-order valence-electron chi connectivity index (χ3n) is 7.65. The van der Waals surface area contributed by atoms with Crippen LogP contribution >= 0.6 is 0 Å². The summed E-state index contributed by atoms with van der Waals surface area (Å²) in [6.45, 7) is 5.87. The van der Waals surface area contributed by atoms with Crippen molar-refractivity contribution in [1.29, 1.82) is 0 Å². The van der Waals surface area contributed by atoms with Crippen molar-refractivity contribution in [3.63, 3.8) is 0 Å². The summed E-state index contributed by atoms with van der Waals surface area (Å²) < 4.78 is 80.5. The highest BCUT2D eigenvalue weighted by atomic mass is 32.2. The fraction of sp³-hybridized carbons (Fsp3) is 0.600. The van der Waals surface area contributed by atoms with Gasteiger partial charge in [0.2, 0.25) is 20.0 Å². The van der Waals surface area contributed by atoms with Gasteiger partial charge in [0, 0.05) is 26.2 Å². The highest BCUT2D eigenvalue weighted by Crippen LogP contribution is 2.25. The molecule has 234 valence electrons. The molecule has 2 atom stereocenters. The molecule has 0 unspecified atom stereocenters. The van der Waals surface area contributed by atoms with Crippen LogP contribution in [0.3, 0.4) is 0 Å². The number of sulfonamides is 2. The van der Waals surface area contributed by atoms with Gasteiger partial charge in [0.25, 0.3) is 0 Å². The summed E-state index contributed by atoms with van der Waals surface area (Å²) >= 11 is 0. The molecule has 10 nitrogen and oxygen atoms in total. The first-order valence-corrected chi connectivity index (χ1v) is 17.6. The maximum absolute atomic E-state index is 13.4. The Hall–Kier alpha value is -1.90. The van der Waals surface area contributed by atoms with Crippen molar-refractivity contribution in [2.24, 2.45) is 0 Å². The molecule has 1 aliphatic heterocycles. The zero-order valence-corrected chi connectivity index (χ0v) is 26.3. The molecule has 12 heteroatoms. The minimum atomic E-state index is -3.73. The highest BCUT2D eigenvalue weighted by molar-refractivity contribution is 7.89. The molecule has 0 aromatic heterocycles. The molecule has 1 saturated heterocycles. The Kier molecular flexibility index (Phi) is 12.3. The van der Waals surface area contributed by atoms with Gasteiger partial charge in [0.1, 0.15) is 0 Å². The van der Waals surface area contributed by atoms with Gasteiger partial charge in [-0.05, 0) is 51.0 Å². The molecule has 2 aromatic carbocycles. The van der Waals surface area contributed by atoms with Crippen molar-refractivity contribution in [2.45, 2.75) is 61.5 Å². The number of fused-ring (bicyclic) bond motifs is 1. The number of ether oxygens (including phenoxy) is 4. The van der Waals surface area contributed by atoms with Crippen LogP contribution in [0.2, 0.25) is 0 Å².